The average molecular weight is 274 g/mol. The summed E-state index contributed by atoms with van der Waals surface area (Å²) in [5.41, 5.74) is 0.163. The van der Waals surface area contributed by atoms with E-state index in [4.69, 9.17) is 11.6 Å². The van der Waals surface area contributed by atoms with E-state index in [0.717, 1.165) is 25.8 Å². The lowest BCUT2D eigenvalue weighted by Gasteiger charge is -2.37. The number of amides is 1. The Labute approximate surface area is 117 Å². The third-order valence-corrected chi connectivity index (χ3v) is 4.70. The number of nitrogens with one attached hydrogen (secondary N) is 1. The van der Waals surface area contributed by atoms with Crippen molar-refractivity contribution in [3.8, 4) is 0 Å². The van der Waals surface area contributed by atoms with Crippen molar-refractivity contribution in [3.63, 3.8) is 0 Å². The van der Waals surface area contributed by atoms with Gasteiger partial charge in [0, 0.05) is 18.3 Å². The van der Waals surface area contributed by atoms with E-state index < -0.39 is 0 Å². The first-order chi connectivity index (χ1) is 8.51. The smallest absolute Gasteiger partial charge is 0.223 e. The Morgan fingerprint density at radius 1 is 1.44 bits per heavy atom. The van der Waals surface area contributed by atoms with Crippen molar-refractivity contribution in [2.45, 2.75) is 59.3 Å². The molecule has 2 unspecified atom stereocenters. The van der Waals surface area contributed by atoms with Gasteiger partial charge < -0.3 is 5.32 Å². The summed E-state index contributed by atoms with van der Waals surface area (Å²) in [5, 5.41) is 3.15. The van der Waals surface area contributed by atoms with Crippen LogP contribution in [0.1, 0.15) is 59.3 Å². The van der Waals surface area contributed by atoms with Crippen LogP contribution in [0.15, 0.2) is 0 Å². The molecule has 1 aliphatic rings. The summed E-state index contributed by atoms with van der Waals surface area (Å²) in [7, 11) is 0. The number of hydrogen-bond donors (Lipinski definition) is 1. The maximum atomic E-state index is 12.3. The second kappa shape index (κ2) is 7.37. The maximum Gasteiger partial charge on any atom is 0.223 e. The van der Waals surface area contributed by atoms with E-state index in [1.807, 2.05) is 0 Å². The zero-order valence-corrected chi connectivity index (χ0v) is 12.9. The Kier molecular flexibility index (Phi) is 6.48. The van der Waals surface area contributed by atoms with Crippen molar-refractivity contribution in [1.82, 2.24) is 5.32 Å². The summed E-state index contributed by atoms with van der Waals surface area (Å²) < 4.78 is 0. The first-order valence-corrected chi connectivity index (χ1v) is 7.88. The first kappa shape index (κ1) is 15.8. The van der Waals surface area contributed by atoms with Crippen LogP contribution in [0.2, 0.25) is 0 Å². The summed E-state index contributed by atoms with van der Waals surface area (Å²) in [6.45, 7) is 7.40. The minimum Gasteiger partial charge on any atom is -0.356 e. The molecule has 1 aliphatic carbocycles. The molecule has 106 valence electrons. The van der Waals surface area contributed by atoms with Crippen LogP contribution in [0, 0.1) is 17.3 Å². The minimum absolute atomic E-state index is 0.163. The molecule has 1 fully saturated rings. The van der Waals surface area contributed by atoms with Crippen LogP contribution in [0.3, 0.4) is 0 Å². The number of halogens is 1. The van der Waals surface area contributed by atoms with Crippen LogP contribution in [-0.4, -0.2) is 18.3 Å². The summed E-state index contributed by atoms with van der Waals surface area (Å²) in [5.74, 6) is 1.66. The fourth-order valence-electron chi connectivity index (χ4n) is 2.95. The molecule has 1 rings (SSSR count). The second-order valence-corrected chi connectivity index (χ2v) is 6.66. The number of rotatable bonds is 6. The fraction of sp³-hybridized carbons (Fsp3) is 0.933. The van der Waals surface area contributed by atoms with Gasteiger partial charge in [0.2, 0.25) is 5.91 Å². The van der Waals surface area contributed by atoms with Crippen molar-refractivity contribution in [2.75, 3.05) is 12.4 Å². The molecular weight excluding hydrogens is 246 g/mol. The number of alkyl halides is 1. The molecule has 0 spiro atoms. The third kappa shape index (κ3) is 4.46. The van der Waals surface area contributed by atoms with Crippen molar-refractivity contribution in [3.05, 3.63) is 0 Å². The van der Waals surface area contributed by atoms with Gasteiger partial charge in [-0.05, 0) is 30.6 Å². The normalized spacial score (nSPS) is 24.6. The molecule has 1 amide bonds. The van der Waals surface area contributed by atoms with Gasteiger partial charge in [-0.1, -0.05) is 40.0 Å². The lowest BCUT2D eigenvalue weighted by atomic mass is 9.68. The predicted molar refractivity (Wildman–Crippen MR) is 77.9 cm³/mol. The van der Waals surface area contributed by atoms with E-state index in [1.54, 1.807) is 0 Å². The molecule has 0 aromatic heterocycles. The van der Waals surface area contributed by atoms with E-state index >= 15 is 0 Å². The van der Waals surface area contributed by atoms with Crippen molar-refractivity contribution in [1.29, 1.82) is 0 Å². The number of hydrogen-bond acceptors (Lipinski definition) is 1. The molecule has 0 aliphatic heterocycles. The molecule has 3 heteroatoms. The van der Waals surface area contributed by atoms with Gasteiger partial charge in [0.15, 0.2) is 0 Å². The highest BCUT2D eigenvalue weighted by atomic mass is 35.5. The Morgan fingerprint density at radius 2 is 2.17 bits per heavy atom. The van der Waals surface area contributed by atoms with Crippen molar-refractivity contribution < 1.29 is 4.79 Å². The Morgan fingerprint density at radius 3 is 2.72 bits per heavy atom. The van der Waals surface area contributed by atoms with Crippen molar-refractivity contribution >= 4 is 17.5 Å². The Bertz CT molecular complexity index is 265. The molecule has 1 N–H and O–H groups in total. The molecular formula is C15H28ClNO. The van der Waals surface area contributed by atoms with E-state index in [2.05, 4.69) is 26.1 Å². The SMILES string of the molecule is CCC(CCCl)CNC(=O)C1CCCCC1(C)C. The molecule has 0 aromatic rings. The molecule has 2 atom stereocenters. The van der Waals surface area contributed by atoms with E-state index in [1.165, 1.54) is 19.3 Å². The van der Waals surface area contributed by atoms with Crippen LogP contribution in [-0.2, 0) is 4.79 Å². The minimum atomic E-state index is 0.163. The standard InChI is InChI=1S/C15H28ClNO/c1-4-12(8-10-16)11-17-14(18)13-7-5-6-9-15(13,2)3/h12-13H,4-11H2,1-3H3,(H,17,18). The van der Waals surface area contributed by atoms with Crippen LogP contribution >= 0.6 is 11.6 Å². The fourth-order valence-corrected chi connectivity index (χ4v) is 3.26. The molecule has 2 nitrogen and oxygen atoms in total. The van der Waals surface area contributed by atoms with Gasteiger partial charge >= 0.3 is 0 Å². The highest BCUT2D eigenvalue weighted by Gasteiger charge is 2.36. The van der Waals surface area contributed by atoms with Gasteiger partial charge in [-0.25, -0.2) is 0 Å². The van der Waals surface area contributed by atoms with Crippen LogP contribution < -0.4 is 5.32 Å². The molecule has 0 heterocycles. The summed E-state index contributed by atoms with van der Waals surface area (Å²) in [6.07, 6.45) is 6.75. The average Bonchev–Trinajstić information content (AvgIpc) is 2.33. The first-order valence-electron chi connectivity index (χ1n) is 7.35. The van der Waals surface area contributed by atoms with Gasteiger partial charge in [0.25, 0.3) is 0 Å². The van der Waals surface area contributed by atoms with Crippen molar-refractivity contribution in [2.24, 2.45) is 17.3 Å². The topological polar surface area (TPSA) is 29.1 Å². The van der Waals surface area contributed by atoms with Crippen LogP contribution in [0.5, 0.6) is 0 Å². The molecule has 1 saturated carbocycles. The van der Waals surface area contributed by atoms with Crippen LogP contribution in [0.25, 0.3) is 0 Å². The number of carbonyl (C=O) groups excluding carboxylic acids is 1. The molecule has 0 saturated heterocycles. The highest BCUT2D eigenvalue weighted by Crippen LogP contribution is 2.40. The highest BCUT2D eigenvalue weighted by molar-refractivity contribution is 6.17. The summed E-state index contributed by atoms with van der Waals surface area (Å²) >= 11 is 5.77. The zero-order valence-electron chi connectivity index (χ0n) is 12.1. The Hall–Kier alpha value is -0.240. The van der Waals surface area contributed by atoms with Gasteiger partial charge in [-0.15, -0.1) is 11.6 Å². The molecule has 0 bridgehead atoms. The second-order valence-electron chi connectivity index (χ2n) is 6.28. The predicted octanol–water partition coefficient (Wildman–Crippen LogP) is 3.97. The van der Waals surface area contributed by atoms with Gasteiger partial charge in [0.05, 0.1) is 0 Å². The monoisotopic (exact) mass is 273 g/mol. The van der Waals surface area contributed by atoms with E-state index in [9.17, 15) is 4.79 Å². The quantitative estimate of drug-likeness (QED) is 0.729. The molecule has 18 heavy (non-hydrogen) atoms. The summed E-state index contributed by atoms with van der Waals surface area (Å²) in [4.78, 5) is 12.3. The lowest BCUT2D eigenvalue weighted by molar-refractivity contribution is -0.130. The largest absolute Gasteiger partial charge is 0.356 e. The zero-order chi connectivity index (χ0) is 13.6. The Balaban J connectivity index is 2.44. The molecule has 0 aromatic carbocycles. The number of carbonyl (C=O) groups is 1. The molecule has 0 radical (unpaired) electrons. The van der Waals surface area contributed by atoms with Crippen LogP contribution in [0.4, 0.5) is 0 Å². The third-order valence-electron chi connectivity index (χ3n) is 4.48. The van der Waals surface area contributed by atoms with Gasteiger partial charge in [-0.3, -0.25) is 4.79 Å². The lowest BCUT2D eigenvalue weighted by Crippen LogP contribution is -2.42. The van der Waals surface area contributed by atoms with Gasteiger partial charge in [-0.2, -0.15) is 0 Å². The van der Waals surface area contributed by atoms with Gasteiger partial charge in [0.1, 0.15) is 0 Å². The van der Waals surface area contributed by atoms with E-state index in [0.29, 0.717) is 11.8 Å². The van der Waals surface area contributed by atoms with E-state index in [-0.39, 0.29) is 17.2 Å². The maximum absolute atomic E-state index is 12.3. The summed E-state index contributed by atoms with van der Waals surface area (Å²) in [6, 6.07) is 0.